The zero-order valence-corrected chi connectivity index (χ0v) is 17.4. The number of carbonyl (C=O) groups excluding carboxylic acids is 2. The maximum Gasteiger partial charge on any atom is 0.394 e. The van der Waals surface area contributed by atoms with Crippen LogP contribution in [-0.2, 0) is 25.5 Å². The van der Waals surface area contributed by atoms with Crippen LogP contribution in [0.4, 0.5) is 0 Å². The minimum atomic E-state index is -1.64. The summed E-state index contributed by atoms with van der Waals surface area (Å²) in [5, 5.41) is 21.9. The van der Waals surface area contributed by atoms with E-state index in [-0.39, 0.29) is 12.8 Å². The first kappa shape index (κ1) is 23.4. The first-order valence-electron chi connectivity index (χ1n) is 9.43. The van der Waals surface area contributed by atoms with Crippen LogP contribution in [0.15, 0.2) is 48.5 Å². The van der Waals surface area contributed by atoms with Gasteiger partial charge in [-0.1, -0.05) is 48.0 Å². The standard InChI is InChI=1S/C22H24ClNO6/c1-13(2)30-22(29)19(25)12-18(24-20(26)21(27)28)10-14-6-8-15(9-7-14)16-4-3-5-17(23)11-16/h3-9,11,13,18-19,25H,10,12H2,1-2H3,(H,24,26)(H,27,28)/t18-,19-/m1/s1. The smallest absolute Gasteiger partial charge is 0.394 e. The fourth-order valence-corrected chi connectivity index (χ4v) is 3.09. The molecule has 0 aliphatic carbocycles. The van der Waals surface area contributed by atoms with Gasteiger partial charge < -0.3 is 20.3 Å². The number of hydrogen-bond acceptors (Lipinski definition) is 5. The molecule has 0 heterocycles. The van der Waals surface area contributed by atoms with Crippen molar-refractivity contribution in [1.29, 1.82) is 0 Å². The molecule has 0 radical (unpaired) electrons. The molecule has 30 heavy (non-hydrogen) atoms. The minimum absolute atomic E-state index is 0.180. The van der Waals surface area contributed by atoms with E-state index in [0.29, 0.717) is 5.02 Å². The molecule has 1 amide bonds. The topological polar surface area (TPSA) is 113 Å². The molecule has 0 aromatic heterocycles. The van der Waals surface area contributed by atoms with Gasteiger partial charge in [0.1, 0.15) is 0 Å². The van der Waals surface area contributed by atoms with Gasteiger partial charge in [0.25, 0.3) is 0 Å². The van der Waals surface area contributed by atoms with E-state index in [0.717, 1.165) is 16.7 Å². The Morgan fingerprint density at radius 3 is 2.30 bits per heavy atom. The molecule has 0 spiro atoms. The first-order chi connectivity index (χ1) is 14.2. The quantitative estimate of drug-likeness (QED) is 0.436. The summed E-state index contributed by atoms with van der Waals surface area (Å²) in [4.78, 5) is 34.4. The summed E-state index contributed by atoms with van der Waals surface area (Å²) in [6.45, 7) is 3.30. The van der Waals surface area contributed by atoms with Crippen LogP contribution in [0.3, 0.4) is 0 Å². The third kappa shape index (κ3) is 7.17. The number of carboxylic acid groups (broad SMARTS) is 1. The van der Waals surface area contributed by atoms with Crippen molar-refractivity contribution in [3.63, 3.8) is 0 Å². The summed E-state index contributed by atoms with van der Waals surface area (Å²) in [7, 11) is 0. The van der Waals surface area contributed by atoms with Gasteiger partial charge in [0.15, 0.2) is 6.10 Å². The van der Waals surface area contributed by atoms with E-state index in [2.05, 4.69) is 5.32 Å². The van der Waals surface area contributed by atoms with Crippen molar-refractivity contribution in [3.05, 3.63) is 59.1 Å². The van der Waals surface area contributed by atoms with Crippen LogP contribution in [0.2, 0.25) is 5.02 Å². The van der Waals surface area contributed by atoms with Gasteiger partial charge in [0.05, 0.1) is 6.10 Å². The van der Waals surface area contributed by atoms with Crippen molar-refractivity contribution < 1.29 is 29.3 Å². The predicted octanol–water partition coefficient (Wildman–Crippen LogP) is 2.82. The van der Waals surface area contributed by atoms with Crippen molar-refractivity contribution in [1.82, 2.24) is 5.32 Å². The van der Waals surface area contributed by atoms with Crippen LogP contribution in [0.5, 0.6) is 0 Å². The van der Waals surface area contributed by atoms with Crippen molar-refractivity contribution >= 4 is 29.4 Å². The molecular formula is C22H24ClNO6. The second kappa shape index (κ2) is 10.8. The third-order valence-electron chi connectivity index (χ3n) is 4.26. The summed E-state index contributed by atoms with van der Waals surface area (Å²) in [5.74, 6) is -3.67. The Kier molecular flexibility index (Phi) is 8.38. The van der Waals surface area contributed by atoms with E-state index in [1.165, 1.54) is 0 Å². The Balaban J connectivity index is 2.13. The number of amides is 1. The summed E-state index contributed by atoms with van der Waals surface area (Å²) >= 11 is 6.02. The second-order valence-corrected chi connectivity index (χ2v) is 7.56. The lowest BCUT2D eigenvalue weighted by atomic mass is 9.97. The normalized spacial score (nSPS) is 12.8. The SMILES string of the molecule is CC(C)OC(=O)[C@H](O)C[C@@H](Cc1ccc(-c2cccc(Cl)c2)cc1)NC(=O)C(=O)O. The Morgan fingerprint density at radius 1 is 1.07 bits per heavy atom. The lowest BCUT2D eigenvalue weighted by molar-refractivity contribution is -0.158. The van der Waals surface area contributed by atoms with Crippen LogP contribution >= 0.6 is 11.6 Å². The fraction of sp³-hybridized carbons (Fsp3) is 0.318. The molecule has 0 aliphatic rings. The van der Waals surface area contributed by atoms with Crippen LogP contribution in [0, 0.1) is 0 Å². The van der Waals surface area contributed by atoms with Gasteiger partial charge in [0, 0.05) is 17.5 Å². The minimum Gasteiger partial charge on any atom is -0.474 e. The number of nitrogens with one attached hydrogen (secondary N) is 1. The maximum atomic E-state index is 11.9. The average molecular weight is 434 g/mol. The lowest BCUT2D eigenvalue weighted by Gasteiger charge is -2.21. The van der Waals surface area contributed by atoms with Gasteiger partial charge in [-0.15, -0.1) is 0 Å². The van der Waals surface area contributed by atoms with Gasteiger partial charge in [-0.05, 0) is 49.1 Å². The van der Waals surface area contributed by atoms with Gasteiger partial charge in [-0.25, -0.2) is 9.59 Å². The first-order valence-corrected chi connectivity index (χ1v) is 9.80. The van der Waals surface area contributed by atoms with Crippen molar-refractivity contribution in [2.75, 3.05) is 0 Å². The van der Waals surface area contributed by atoms with E-state index in [4.69, 9.17) is 21.4 Å². The molecule has 7 nitrogen and oxygen atoms in total. The number of esters is 1. The highest BCUT2D eigenvalue weighted by molar-refractivity contribution is 6.31. The number of aliphatic carboxylic acids is 1. The van der Waals surface area contributed by atoms with E-state index < -0.39 is 36.1 Å². The molecule has 2 rings (SSSR count). The molecule has 160 valence electrons. The summed E-state index contributed by atoms with van der Waals surface area (Å²) < 4.78 is 4.96. The maximum absolute atomic E-state index is 11.9. The zero-order valence-electron chi connectivity index (χ0n) is 16.7. The molecule has 3 N–H and O–H groups in total. The Bertz CT molecular complexity index is 897. The van der Waals surface area contributed by atoms with Crippen LogP contribution in [0.25, 0.3) is 11.1 Å². The average Bonchev–Trinajstić information content (AvgIpc) is 2.67. The molecule has 0 saturated heterocycles. The molecule has 2 aromatic carbocycles. The van der Waals surface area contributed by atoms with Crippen molar-refractivity contribution in [2.45, 2.75) is 44.9 Å². The monoisotopic (exact) mass is 433 g/mol. The van der Waals surface area contributed by atoms with Crippen molar-refractivity contribution in [3.8, 4) is 11.1 Å². The molecule has 2 atom stereocenters. The summed E-state index contributed by atoms with van der Waals surface area (Å²) in [6.07, 6.45) is -1.85. The predicted molar refractivity (Wildman–Crippen MR) is 112 cm³/mol. The summed E-state index contributed by atoms with van der Waals surface area (Å²) in [5.41, 5.74) is 2.67. The van der Waals surface area contributed by atoms with Gasteiger partial charge in [-0.2, -0.15) is 0 Å². The molecule has 2 aromatic rings. The van der Waals surface area contributed by atoms with E-state index >= 15 is 0 Å². The van der Waals surface area contributed by atoms with Crippen LogP contribution in [-0.4, -0.2) is 46.3 Å². The number of hydrogen-bond donors (Lipinski definition) is 3. The Hall–Kier alpha value is -2.90. The molecular weight excluding hydrogens is 410 g/mol. The Morgan fingerprint density at radius 2 is 1.73 bits per heavy atom. The van der Waals surface area contributed by atoms with E-state index in [1.54, 1.807) is 19.9 Å². The van der Waals surface area contributed by atoms with Gasteiger partial charge in [0.2, 0.25) is 0 Å². The third-order valence-corrected chi connectivity index (χ3v) is 4.49. The number of aliphatic hydroxyl groups is 1. The van der Waals surface area contributed by atoms with Crippen molar-refractivity contribution in [2.24, 2.45) is 0 Å². The number of rotatable bonds is 8. The molecule has 0 unspecified atom stereocenters. The van der Waals surface area contributed by atoms with E-state index in [1.807, 2.05) is 42.5 Å². The highest BCUT2D eigenvalue weighted by atomic mass is 35.5. The molecule has 0 fully saturated rings. The molecule has 0 saturated carbocycles. The number of carboxylic acids is 1. The molecule has 8 heteroatoms. The van der Waals surface area contributed by atoms with Crippen LogP contribution < -0.4 is 5.32 Å². The highest BCUT2D eigenvalue weighted by Gasteiger charge is 2.26. The highest BCUT2D eigenvalue weighted by Crippen LogP contribution is 2.23. The molecule has 0 bridgehead atoms. The Labute approximate surface area is 179 Å². The van der Waals surface area contributed by atoms with Gasteiger partial charge >= 0.3 is 17.8 Å². The van der Waals surface area contributed by atoms with E-state index in [9.17, 15) is 19.5 Å². The number of halogens is 1. The summed E-state index contributed by atoms with van der Waals surface area (Å²) in [6, 6.07) is 14.0. The second-order valence-electron chi connectivity index (χ2n) is 7.12. The zero-order chi connectivity index (χ0) is 22.3. The van der Waals surface area contributed by atoms with Gasteiger partial charge in [-0.3, -0.25) is 4.79 Å². The number of ether oxygens (including phenoxy) is 1. The van der Waals surface area contributed by atoms with Crippen LogP contribution in [0.1, 0.15) is 25.8 Å². The number of aliphatic hydroxyl groups excluding tert-OH is 1. The number of carbonyl (C=O) groups is 3. The molecule has 0 aliphatic heterocycles. The lowest BCUT2D eigenvalue weighted by Crippen LogP contribution is -2.43. The largest absolute Gasteiger partial charge is 0.474 e. The fourth-order valence-electron chi connectivity index (χ4n) is 2.90. The number of benzene rings is 2.